The number of likely N-dealkylation sites (tertiary alicyclic amines) is 1. The third-order valence-corrected chi connectivity index (χ3v) is 5.01. The van der Waals surface area contributed by atoms with Crippen LogP contribution in [0, 0.1) is 6.92 Å². The number of carbonyl (C=O) groups excluding carboxylic acids is 1. The number of hydrogen-bond donors (Lipinski definition) is 2. The van der Waals surface area contributed by atoms with Gasteiger partial charge in [-0.3, -0.25) is 4.79 Å². The molecule has 2 N–H and O–H groups in total. The highest BCUT2D eigenvalue weighted by Crippen LogP contribution is 2.24. The minimum absolute atomic E-state index is 0.0566. The highest BCUT2D eigenvalue weighted by atomic mass is 16.2. The van der Waals surface area contributed by atoms with Crippen molar-refractivity contribution in [1.82, 2.24) is 24.8 Å². The summed E-state index contributed by atoms with van der Waals surface area (Å²) in [5.74, 6) is 1.02. The zero-order valence-corrected chi connectivity index (χ0v) is 16.9. The van der Waals surface area contributed by atoms with Crippen LogP contribution in [0.3, 0.4) is 0 Å². The van der Waals surface area contributed by atoms with E-state index < -0.39 is 5.54 Å². The summed E-state index contributed by atoms with van der Waals surface area (Å²) in [6.07, 6.45) is 5.24. The summed E-state index contributed by atoms with van der Waals surface area (Å²) in [4.78, 5) is 32.3. The number of nitrogens with zero attached hydrogens (tertiary/aromatic N) is 5. The maximum absolute atomic E-state index is 12.8. The van der Waals surface area contributed by atoms with Gasteiger partial charge in [0.1, 0.15) is 22.9 Å². The number of aromatic nitrogens is 4. The Labute approximate surface area is 169 Å². The number of hydrogen-bond acceptors (Lipinski definition) is 7. The quantitative estimate of drug-likeness (QED) is 0.689. The molecule has 29 heavy (non-hydrogen) atoms. The molecule has 3 heterocycles. The Kier molecular flexibility index (Phi) is 5.00. The van der Waals surface area contributed by atoms with Crippen LogP contribution in [-0.2, 0) is 4.79 Å². The van der Waals surface area contributed by atoms with E-state index in [2.05, 4.69) is 30.6 Å². The van der Waals surface area contributed by atoms with Crippen LogP contribution in [0.2, 0.25) is 0 Å². The van der Waals surface area contributed by atoms with Gasteiger partial charge in [-0.15, -0.1) is 0 Å². The van der Waals surface area contributed by atoms with Crippen LogP contribution in [0.4, 0.5) is 17.5 Å². The van der Waals surface area contributed by atoms with Gasteiger partial charge in [0.15, 0.2) is 5.82 Å². The molecule has 2 aromatic heterocycles. The largest absolute Gasteiger partial charge is 0.341 e. The molecule has 1 aliphatic heterocycles. The van der Waals surface area contributed by atoms with E-state index in [0.717, 1.165) is 37.2 Å². The molecule has 0 bridgehead atoms. The SMILES string of the molecule is Cc1cccc(Nc2ncnc3cnc(NC(C)(C)C(=O)N4CCCC4)nc23)c1. The normalized spacial score (nSPS) is 14.2. The molecule has 8 nitrogen and oxygen atoms in total. The molecule has 1 aromatic carbocycles. The molecule has 1 saturated heterocycles. The van der Waals surface area contributed by atoms with E-state index >= 15 is 0 Å². The third kappa shape index (κ3) is 4.11. The van der Waals surface area contributed by atoms with E-state index in [1.807, 2.05) is 49.9 Å². The topological polar surface area (TPSA) is 95.9 Å². The lowest BCUT2D eigenvalue weighted by Crippen LogP contribution is -2.49. The van der Waals surface area contributed by atoms with Crippen molar-refractivity contribution in [2.75, 3.05) is 23.7 Å². The Morgan fingerprint density at radius 1 is 1.14 bits per heavy atom. The average Bonchev–Trinajstić information content (AvgIpc) is 3.22. The number of rotatable bonds is 5. The summed E-state index contributed by atoms with van der Waals surface area (Å²) in [5.41, 5.74) is 2.48. The second-order valence-electron chi connectivity index (χ2n) is 7.89. The Hall–Kier alpha value is -3.29. The summed E-state index contributed by atoms with van der Waals surface area (Å²) in [6, 6.07) is 8.02. The van der Waals surface area contributed by atoms with Crippen LogP contribution in [0.15, 0.2) is 36.8 Å². The van der Waals surface area contributed by atoms with Crippen LogP contribution in [0.1, 0.15) is 32.3 Å². The summed E-state index contributed by atoms with van der Waals surface area (Å²) in [5, 5.41) is 6.49. The van der Waals surface area contributed by atoms with Gasteiger partial charge in [0.05, 0.1) is 6.20 Å². The number of nitrogens with one attached hydrogen (secondary N) is 2. The standard InChI is InChI=1S/C21H25N7O/c1-14-7-6-8-15(11-14)25-18-17-16(23-13-24-18)12-22-20(26-17)27-21(2,3)19(29)28-9-4-5-10-28/h6-8,11-13H,4-5,9-10H2,1-3H3,(H,22,26,27)(H,23,24,25). The predicted molar refractivity (Wildman–Crippen MR) is 113 cm³/mol. The van der Waals surface area contributed by atoms with Gasteiger partial charge in [-0.25, -0.2) is 19.9 Å². The van der Waals surface area contributed by atoms with Crippen LogP contribution >= 0.6 is 0 Å². The first kappa shape index (κ1) is 19.0. The lowest BCUT2D eigenvalue weighted by atomic mass is 10.0. The molecule has 0 aliphatic carbocycles. The summed E-state index contributed by atoms with van der Waals surface area (Å²) < 4.78 is 0. The van der Waals surface area contributed by atoms with Crippen molar-refractivity contribution in [2.24, 2.45) is 0 Å². The van der Waals surface area contributed by atoms with E-state index in [4.69, 9.17) is 0 Å². The van der Waals surface area contributed by atoms with Crippen LogP contribution in [-0.4, -0.2) is 49.4 Å². The first-order chi connectivity index (χ1) is 13.9. The zero-order valence-electron chi connectivity index (χ0n) is 16.9. The maximum atomic E-state index is 12.8. The first-order valence-electron chi connectivity index (χ1n) is 9.81. The molecule has 1 fully saturated rings. The highest BCUT2D eigenvalue weighted by molar-refractivity contribution is 5.90. The number of fused-ring (bicyclic) bond motifs is 1. The van der Waals surface area contributed by atoms with Crippen molar-refractivity contribution < 1.29 is 4.79 Å². The van der Waals surface area contributed by atoms with Gasteiger partial charge in [-0.2, -0.15) is 0 Å². The number of amides is 1. The molecule has 3 aromatic rings. The predicted octanol–water partition coefficient (Wildman–Crippen LogP) is 3.28. The molecule has 0 radical (unpaired) electrons. The monoisotopic (exact) mass is 391 g/mol. The zero-order chi connectivity index (χ0) is 20.4. The van der Waals surface area contributed by atoms with Crippen molar-refractivity contribution in [3.05, 3.63) is 42.4 Å². The van der Waals surface area contributed by atoms with E-state index in [9.17, 15) is 4.79 Å². The second kappa shape index (κ2) is 7.62. The number of aryl methyl sites for hydroxylation is 1. The highest BCUT2D eigenvalue weighted by Gasteiger charge is 2.34. The molecular formula is C21H25N7O. The Bertz CT molecular complexity index is 1040. The fourth-order valence-corrected chi connectivity index (χ4v) is 3.51. The molecule has 0 spiro atoms. The molecule has 150 valence electrons. The molecule has 8 heteroatoms. The van der Waals surface area contributed by atoms with Crippen molar-refractivity contribution >= 4 is 34.4 Å². The summed E-state index contributed by atoms with van der Waals surface area (Å²) in [7, 11) is 0. The van der Waals surface area contributed by atoms with Gasteiger partial charge < -0.3 is 15.5 Å². The van der Waals surface area contributed by atoms with Crippen molar-refractivity contribution in [3.63, 3.8) is 0 Å². The smallest absolute Gasteiger partial charge is 0.247 e. The minimum atomic E-state index is -0.808. The molecule has 0 unspecified atom stereocenters. The molecular weight excluding hydrogens is 366 g/mol. The van der Waals surface area contributed by atoms with Crippen LogP contribution in [0.5, 0.6) is 0 Å². The first-order valence-corrected chi connectivity index (χ1v) is 9.81. The van der Waals surface area contributed by atoms with Gasteiger partial charge in [0.2, 0.25) is 11.9 Å². The van der Waals surface area contributed by atoms with Gasteiger partial charge in [0.25, 0.3) is 0 Å². The third-order valence-electron chi connectivity index (χ3n) is 5.01. The number of anilines is 3. The lowest BCUT2D eigenvalue weighted by molar-refractivity contribution is -0.133. The Morgan fingerprint density at radius 3 is 2.69 bits per heavy atom. The average molecular weight is 391 g/mol. The van der Waals surface area contributed by atoms with Gasteiger partial charge in [-0.1, -0.05) is 12.1 Å². The van der Waals surface area contributed by atoms with Crippen LogP contribution < -0.4 is 10.6 Å². The molecule has 0 atom stereocenters. The summed E-state index contributed by atoms with van der Waals surface area (Å²) in [6.45, 7) is 7.36. The second-order valence-corrected chi connectivity index (χ2v) is 7.89. The van der Waals surface area contributed by atoms with E-state index in [1.54, 1.807) is 6.20 Å². The Balaban J connectivity index is 1.62. The van der Waals surface area contributed by atoms with Crippen molar-refractivity contribution in [1.29, 1.82) is 0 Å². The van der Waals surface area contributed by atoms with E-state index in [1.165, 1.54) is 6.33 Å². The van der Waals surface area contributed by atoms with E-state index in [0.29, 0.717) is 22.8 Å². The maximum Gasteiger partial charge on any atom is 0.247 e. The number of benzene rings is 1. The summed E-state index contributed by atoms with van der Waals surface area (Å²) >= 11 is 0. The minimum Gasteiger partial charge on any atom is -0.341 e. The fourth-order valence-electron chi connectivity index (χ4n) is 3.51. The van der Waals surface area contributed by atoms with Gasteiger partial charge >= 0.3 is 0 Å². The molecule has 1 aliphatic rings. The Morgan fingerprint density at radius 2 is 1.93 bits per heavy atom. The van der Waals surface area contributed by atoms with Crippen molar-refractivity contribution in [3.8, 4) is 0 Å². The fraction of sp³-hybridized carbons (Fsp3) is 0.381. The molecule has 4 rings (SSSR count). The number of carbonyl (C=O) groups is 1. The van der Waals surface area contributed by atoms with Crippen LogP contribution in [0.25, 0.3) is 11.0 Å². The molecule has 0 saturated carbocycles. The lowest BCUT2D eigenvalue weighted by Gasteiger charge is -2.30. The van der Waals surface area contributed by atoms with Crippen molar-refractivity contribution in [2.45, 2.75) is 39.2 Å². The van der Waals surface area contributed by atoms with E-state index in [-0.39, 0.29) is 5.91 Å². The van der Waals surface area contributed by atoms with Gasteiger partial charge in [0, 0.05) is 18.8 Å². The van der Waals surface area contributed by atoms with Gasteiger partial charge in [-0.05, 0) is 51.3 Å². The molecule has 1 amide bonds.